The lowest BCUT2D eigenvalue weighted by atomic mass is 9.85. The normalized spacial score (nSPS) is 22.5. The maximum atomic E-state index is 12.8. The molecule has 1 aliphatic carbocycles. The second kappa shape index (κ2) is 8.67. The van der Waals surface area contributed by atoms with Gasteiger partial charge in [-0.25, -0.2) is 4.98 Å². The van der Waals surface area contributed by atoms with Gasteiger partial charge in [0, 0.05) is 37.4 Å². The predicted octanol–water partition coefficient (Wildman–Crippen LogP) is 3.37. The number of nitrogens with one attached hydrogen (secondary N) is 1. The molecule has 31 heavy (non-hydrogen) atoms. The first-order chi connectivity index (χ1) is 15.2. The van der Waals surface area contributed by atoms with E-state index in [-0.39, 0.29) is 24.0 Å². The molecule has 1 amide bonds. The van der Waals surface area contributed by atoms with Crippen molar-refractivity contribution >= 4 is 22.8 Å². The van der Waals surface area contributed by atoms with Gasteiger partial charge in [0.25, 0.3) is 0 Å². The van der Waals surface area contributed by atoms with Gasteiger partial charge in [-0.3, -0.25) is 4.79 Å². The van der Waals surface area contributed by atoms with E-state index < -0.39 is 0 Å². The Hall–Kier alpha value is -2.93. The van der Waals surface area contributed by atoms with Crippen molar-refractivity contribution in [2.75, 3.05) is 18.4 Å². The molecular weight excluding hydrogens is 390 g/mol. The molecule has 0 radical (unpaired) electrons. The van der Waals surface area contributed by atoms with Gasteiger partial charge in [-0.1, -0.05) is 18.2 Å². The molecule has 1 aromatic carbocycles. The zero-order valence-corrected chi connectivity index (χ0v) is 17.7. The number of rotatable bonds is 4. The molecule has 0 unspecified atom stereocenters. The largest absolute Gasteiger partial charge is 0.393 e. The minimum absolute atomic E-state index is 0.104. The van der Waals surface area contributed by atoms with E-state index in [2.05, 4.69) is 33.1 Å². The smallest absolute Gasteiger partial charge is 0.225 e. The van der Waals surface area contributed by atoms with Crippen LogP contribution in [0.1, 0.15) is 38.5 Å². The molecule has 2 aromatic heterocycles. The number of hydrogen-bond donors (Lipinski definition) is 2. The van der Waals surface area contributed by atoms with E-state index in [1.807, 2.05) is 29.3 Å². The van der Waals surface area contributed by atoms with Crippen LogP contribution in [0.5, 0.6) is 0 Å². The second-order valence-electron chi connectivity index (χ2n) is 8.73. The van der Waals surface area contributed by atoms with Crippen LogP contribution in [0.15, 0.2) is 48.8 Å². The van der Waals surface area contributed by atoms with Crippen molar-refractivity contribution < 1.29 is 9.90 Å². The minimum atomic E-state index is -0.246. The van der Waals surface area contributed by atoms with E-state index in [1.54, 1.807) is 6.20 Å². The van der Waals surface area contributed by atoms with Crippen LogP contribution in [0.3, 0.4) is 0 Å². The lowest BCUT2D eigenvalue weighted by Crippen LogP contribution is -2.44. The molecular formula is C24H29N5O2. The molecule has 0 bridgehead atoms. The Kier molecular flexibility index (Phi) is 5.59. The number of anilines is 1. The molecule has 1 aliphatic heterocycles. The third-order valence-electron chi connectivity index (χ3n) is 6.67. The maximum absolute atomic E-state index is 12.8. The van der Waals surface area contributed by atoms with Gasteiger partial charge in [0.1, 0.15) is 5.82 Å². The molecule has 7 heteroatoms. The Balaban J connectivity index is 1.20. The standard InChI is InChI=1S/C24H29N5O2/c30-20-11-14-28(15-12-20)23(31)18-5-7-19(8-6-18)26-24-25-13-9-22(27-24)29-16-10-17-3-1-2-4-21(17)29/h1-4,9-10,13,16,18-20,30H,5-8,11-12,14-15H2,(H,25,26,27). The number of aliphatic hydroxyl groups excluding tert-OH is 1. The predicted molar refractivity (Wildman–Crippen MR) is 120 cm³/mol. The second-order valence-corrected chi connectivity index (χ2v) is 8.73. The van der Waals surface area contributed by atoms with Crippen molar-refractivity contribution in [2.24, 2.45) is 5.92 Å². The third kappa shape index (κ3) is 4.28. The van der Waals surface area contributed by atoms with Crippen LogP contribution in [0, 0.1) is 5.92 Å². The summed E-state index contributed by atoms with van der Waals surface area (Å²) in [5, 5.41) is 14.3. The summed E-state index contributed by atoms with van der Waals surface area (Å²) in [6, 6.07) is 12.5. The fraction of sp³-hybridized carbons (Fsp3) is 0.458. The highest BCUT2D eigenvalue weighted by molar-refractivity contribution is 5.81. The molecule has 0 atom stereocenters. The Bertz CT molecular complexity index is 1050. The van der Waals surface area contributed by atoms with Crippen LogP contribution in [0.4, 0.5) is 5.95 Å². The number of nitrogens with zero attached hydrogens (tertiary/aromatic N) is 4. The van der Waals surface area contributed by atoms with Gasteiger partial charge < -0.3 is 19.9 Å². The summed E-state index contributed by atoms with van der Waals surface area (Å²) in [5.74, 6) is 1.85. The van der Waals surface area contributed by atoms with Gasteiger partial charge in [0.15, 0.2) is 0 Å². The Morgan fingerprint density at radius 1 is 1.00 bits per heavy atom. The fourth-order valence-corrected chi connectivity index (χ4v) is 4.85. The molecule has 7 nitrogen and oxygen atoms in total. The number of benzene rings is 1. The number of para-hydroxylation sites is 1. The van der Waals surface area contributed by atoms with Gasteiger partial charge >= 0.3 is 0 Å². The van der Waals surface area contributed by atoms with Gasteiger partial charge in [0.2, 0.25) is 11.9 Å². The van der Waals surface area contributed by atoms with E-state index in [9.17, 15) is 9.90 Å². The molecule has 3 aromatic rings. The van der Waals surface area contributed by atoms with Crippen molar-refractivity contribution in [3.63, 3.8) is 0 Å². The average Bonchev–Trinajstić information content (AvgIpc) is 3.24. The molecule has 5 rings (SSSR count). The van der Waals surface area contributed by atoms with Gasteiger partial charge in [0.05, 0.1) is 11.6 Å². The molecule has 3 heterocycles. The number of amides is 1. The number of likely N-dealkylation sites (tertiary alicyclic amines) is 1. The van der Waals surface area contributed by atoms with Crippen LogP contribution >= 0.6 is 0 Å². The van der Waals surface area contributed by atoms with Crippen LogP contribution in [0.2, 0.25) is 0 Å². The van der Waals surface area contributed by atoms with Crippen molar-refractivity contribution in [3.8, 4) is 5.82 Å². The maximum Gasteiger partial charge on any atom is 0.225 e. The van der Waals surface area contributed by atoms with E-state index >= 15 is 0 Å². The first-order valence-electron chi connectivity index (χ1n) is 11.3. The molecule has 0 spiro atoms. The zero-order valence-electron chi connectivity index (χ0n) is 17.7. The quantitative estimate of drug-likeness (QED) is 0.677. The first kappa shape index (κ1) is 20.0. The van der Waals surface area contributed by atoms with Gasteiger partial charge in [-0.2, -0.15) is 4.98 Å². The number of piperidine rings is 1. The van der Waals surface area contributed by atoms with Crippen LogP contribution in [-0.2, 0) is 4.79 Å². The number of aliphatic hydroxyl groups is 1. The summed E-state index contributed by atoms with van der Waals surface area (Å²) >= 11 is 0. The number of aromatic nitrogens is 3. The summed E-state index contributed by atoms with van der Waals surface area (Å²) in [7, 11) is 0. The van der Waals surface area contributed by atoms with Crippen LogP contribution in [0.25, 0.3) is 16.7 Å². The molecule has 162 valence electrons. The summed E-state index contributed by atoms with van der Waals surface area (Å²) in [6.07, 6.45) is 8.63. The van der Waals surface area contributed by atoms with Crippen molar-refractivity contribution in [1.82, 2.24) is 19.4 Å². The zero-order chi connectivity index (χ0) is 21.2. The highest BCUT2D eigenvalue weighted by Gasteiger charge is 2.31. The Labute approximate surface area is 182 Å². The number of fused-ring (bicyclic) bond motifs is 1. The first-order valence-corrected chi connectivity index (χ1v) is 11.3. The number of carbonyl (C=O) groups excluding carboxylic acids is 1. The Morgan fingerprint density at radius 3 is 2.58 bits per heavy atom. The molecule has 1 saturated heterocycles. The monoisotopic (exact) mass is 419 g/mol. The lowest BCUT2D eigenvalue weighted by Gasteiger charge is -2.35. The fourth-order valence-electron chi connectivity index (χ4n) is 4.85. The van der Waals surface area contributed by atoms with Gasteiger partial charge in [-0.05, 0) is 62.1 Å². The molecule has 2 N–H and O–H groups in total. The van der Waals surface area contributed by atoms with Gasteiger partial charge in [-0.15, -0.1) is 0 Å². The molecule has 2 fully saturated rings. The van der Waals surface area contributed by atoms with E-state index in [0.717, 1.165) is 37.0 Å². The summed E-state index contributed by atoms with van der Waals surface area (Å²) in [6.45, 7) is 1.37. The van der Waals surface area contributed by atoms with E-state index in [4.69, 9.17) is 4.98 Å². The van der Waals surface area contributed by atoms with E-state index in [0.29, 0.717) is 31.9 Å². The highest BCUT2D eigenvalue weighted by atomic mass is 16.3. The highest BCUT2D eigenvalue weighted by Crippen LogP contribution is 2.29. The lowest BCUT2D eigenvalue weighted by molar-refractivity contribution is -0.138. The molecule has 2 aliphatic rings. The number of hydrogen-bond acceptors (Lipinski definition) is 5. The van der Waals surface area contributed by atoms with Crippen molar-refractivity contribution in [2.45, 2.75) is 50.7 Å². The van der Waals surface area contributed by atoms with E-state index in [1.165, 1.54) is 5.39 Å². The van der Waals surface area contributed by atoms with Crippen molar-refractivity contribution in [3.05, 3.63) is 48.8 Å². The third-order valence-corrected chi connectivity index (χ3v) is 6.67. The van der Waals surface area contributed by atoms with Crippen LogP contribution < -0.4 is 5.32 Å². The molecule has 1 saturated carbocycles. The Morgan fingerprint density at radius 2 is 1.77 bits per heavy atom. The summed E-state index contributed by atoms with van der Waals surface area (Å²) in [4.78, 5) is 23.9. The van der Waals surface area contributed by atoms with Crippen LogP contribution in [-0.4, -0.2) is 55.7 Å². The topological polar surface area (TPSA) is 83.3 Å². The minimum Gasteiger partial charge on any atom is -0.393 e. The van der Waals surface area contributed by atoms with Crippen molar-refractivity contribution in [1.29, 1.82) is 0 Å². The SMILES string of the molecule is O=C(C1CCC(Nc2nccc(-n3ccc4ccccc43)n2)CC1)N1CCC(O)CC1. The summed E-state index contributed by atoms with van der Waals surface area (Å²) in [5.41, 5.74) is 1.12. The average molecular weight is 420 g/mol. The summed E-state index contributed by atoms with van der Waals surface area (Å²) < 4.78 is 2.08. The number of carbonyl (C=O) groups is 1.